The van der Waals surface area contributed by atoms with E-state index in [0.29, 0.717) is 17.9 Å². The first-order chi connectivity index (χ1) is 10.8. The predicted molar refractivity (Wildman–Crippen MR) is 85.5 cm³/mol. The highest BCUT2D eigenvalue weighted by atomic mass is 16.5. The van der Waals surface area contributed by atoms with Gasteiger partial charge < -0.3 is 9.47 Å². The number of ether oxygens (including phenoxy) is 2. The molecule has 1 aliphatic rings. The van der Waals surface area contributed by atoms with Crippen molar-refractivity contribution in [1.82, 2.24) is 0 Å². The molecule has 3 nitrogen and oxygen atoms in total. The minimum absolute atomic E-state index is 0.285. The van der Waals surface area contributed by atoms with Crippen LogP contribution in [-0.4, -0.2) is 5.97 Å². The van der Waals surface area contributed by atoms with Crippen LogP contribution in [0.15, 0.2) is 54.6 Å². The molecule has 0 aromatic heterocycles. The zero-order valence-electron chi connectivity index (χ0n) is 12.5. The Kier molecular flexibility index (Phi) is 4.24. The summed E-state index contributed by atoms with van der Waals surface area (Å²) in [6.45, 7) is 2.59. The maximum Gasteiger partial charge on any atom is 0.344 e. The average molecular weight is 294 g/mol. The smallest absolute Gasteiger partial charge is 0.344 e. The fourth-order valence-corrected chi connectivity index (χ4v) is 2.37. The van der Waals surface area contributed by atoms with E-state index in [9.17, 15) is 4.79 Å². The Hall–Kier alpha value is -2.55. The van der Waals surface area contributed by atoms with Crippen molar-refractivity contribution >= 4 is 11.7 Å². The van der Waals surface area contributed by atoms with Crippen molar-refractivity contribution in [1.29, 1.82) is 0 Å². The van der Waals surface area contributed by atoms with Crippen LogP contribution in [0.3, 0.4) is 0 Å². The Bertz CT molecular complexity index is 702. The number of cyclic esters (lactones) is 1. The van der Waals surface area contributed by atoms with Gasteiger partial charge in [0.25, 0.3) is 0 Å². The molecule has 0 spiro atoms. The van der Waals surface area contributed by atoms with Gasteiger partial charge in [-0.05, 0) is 36.3 Å². The Morgan fingerprint density at radius 2 is 1.91 bits per heavy atom. The number of allylic oxidation sites excluding steroid dienone is 1. The predicted octanol–water partition coefficient (Wildman–Crippen LogP) is 4.58. The summed E-state index contributed by atoms with van der Waals surface area (Å²) in [5.41, 5.74) is 2.54. The topological polar surface area (TPSA) is 35.5 Å². The summed E-state index contributed by atoms with van der Waals surface area (Å²) < 4.78 is 11.1. The molecule has 0 bridgehead atoms. The van der Waals surface area contributed by atoms with Crippen LogP contribution in [0.25, 0.3) is 5.76 Å². The Labute approximate surface area is 130 Å². The number of fused-ring (bicyclic) bond motifs is 1. The molecule has 0 radical (unpaired) electrons. The van der Waals surface area contributed by atoms with Gasteiger partial charge in [-0.2, -0.15) is 0 Å². The normalized spacial score (nSPS) is 14.8. The quantitative estimate of drug-likeness (QED) is 0.757. The van der Waals surface area contributed by atoms with E-state index >= 15 is 0 Å². The third-order valence-corrected chi connectivity index (χ3v) is 3.55. The molecule has 1 aliphatic heterocycles. The SMILES string of the molecule is CCC/C=C1\OC(=O)c2ccc(OCc3ccccc3)cc21. The monoisotopic (exact) mass is 294 g/mol. The van der Waals surface area contributed by atoms with Crippen LogP contribution in [0.2, 0.25) is 0 Å². The lowest BCUT2D eigenvalue weighted by atomic mass is 10.1. The van der Waals surface area contributed by atoms with Crippen molar-refractivity contribution in [3.8, 4) is 5.75 Å². The van der Waals surface area contributed by atoms with Gasteiger partial charge in [-0.3, -0.25) is 0 Å². The third kappa shape index (κ3) is 3.03. The molecule has 0 N–H and O–H groups in total. The molecule has 0 unspecified atom stereocenters. The molecule has 0 aliphatic carbocycles. The van der Waals surface area contributed by atoms with Crippen molar-refractivity contribution < 1.29 is 14.3 Å². The van der Waals surface area contributed by atoms with Gasteiger partial charge in [-0.15, -0.1) is 0 Å². The number of carbonyl (C=O) groups excluding carboxylic acids is 1. The van der Waals surface area contributed by atoms with Gasteiger partial charge in [0.2, 0.25) is 0 Å². The molecule has 0 saturated carbocycles. The first-order valence-electron chi connectivity index (χ1n) is 7.51. The molecule has 3 rings (SSSR count). The maximum atomic E-state index is 11.8. The number of hydrogen-bond donors (Lipinski definition) is 0. The standard InChI is InChI=1S/C19H18O3/c1-2-3-9-18-17-12-15(10-11-16(17)19(20)22-18)21-13-14-7-5-4-6-8-14/h4-12H,2-3,13H2,1H3/b18-9-. The van der Waals surface area contributed by atoms with Crippen molar-refractivity contribution in [3.05, 3.63) is 71.3 Å². The molecular weight excluding hydrogens is 276 g/mol. The van der Waals surface area contributed by atoms with Gasteiger partial charge in [-0.1, -0.05) is 43.7 Å². The molecule has 0 fully saturated rings. The van der Waals surface area contributed by atoms with E-state index in [4.69, 9.17) is 9.47 Å². The van der Waals surface area contributed by atoms with Crippen molar-refractivity contribution in [2.75, 3.05) is 0 Å². The van der Waals surface area contributed by atoms with Gasteiger partial charge >= 0.3 is 5.97 Å². The van der Waals surface area contributed by atoms with E-state index in [0.717, 1.165) is 29.7 Å². The molecule has 2 aromatic carbocycles. The zero-order chi connectivity index (χ0) is 15.4. The number of esters is 1. The second-order valence-electron chi connectivity index (χ2n) is 5.23. The first kappa shape index (κ1) is 14.4. The van der Waals surface area contributed by atoms with E-state index in [1.54, 1.807) is 6.07 Å². The lowest BCUT2D eigenvalue weighted by Gasteiger charge is -2.07. The number of rotatable bonds is 5. The van der Waals surface area contributed by atoms with Crippen molar-refractivity contribution in [3.63, 3.8) is 0 Å². The van der Waals surface area contributed by atoms with Gasteiger partial charge in [0, 0.05) is 5.56 Å². The summed E-state index contributed by atoms with van der Waals surface area (Å²) in [6, 6.07) is 15.5. The first-order valence-corrected chi connectivity index (χ1v) is 7.51. The summed E-state index contributed by atoms with van der Waals surface area (Å²) in [7, 11) is 0. The van der Waals surface area contributed by atoms with Crippen molar-refractivity contribution in [2.45, 2.75) is 26.4 Å². The molecule has 3 heteroatoms. The summed E-state index contributed by atoms with van der Waals surface area (Å²) in [5.74, 6) is 1.10. The summed E-state index contributed by atoms with van der Waals surface area (Å²) in [6.07, 6.45) is 3.86. The molecule has 112 valence electrons. The van der Waals surface area contributed by atoms with E-state index in [1.807, 2.05) is 48.5 Å². The molecule has 0 atom stereocenters. The van der Waals surface area contributed by atoms with Crippen LogP contribution in [0, 0.1) is 0 Å². The molecular formula is C19H18O3. The molecule has 0 amide bonds. The fraction of sp³-hybridized carbons (Fsp3) is 0.211. The van der Waals surface area contributed by atoms with Gasteiger partial charge in [-0.25, -0.2) is 4.79 Å². The summed E-state index contributed by atoms with van der Waals surface area (Å²) in [5, 5.41) is 0. The van der Waals surface area contributed by atoms with E-state index in [-0.39, 0.29) is 5.97 Å². The number of carbonyl (C=O) groups is 1. The van der Waals surface area contributed by atoms with Crippen LogP contribution in [0.4, 0.5) is 0 Å². The molecule has 2 aromatic rings. The average Bonchev–Trinajstić information content (AvgIpc) is 2.88. The van der Waals surface area contributed by atoms with Gasteiger partial charge in [0.15, 0.2) is 0 Å². The zero-order valence-corrected chi connectivity index (χ0v) is 12.5. The highest BCUT2D eigenvalue weighted by molar-refractivity contribution is 6.03. The van der Waals surface area contributed by atoms with Crippen LogP contribution in [0.1, 0.15) is 41.3 Å². The Morgan fingerprint density at radius 3 is 2.68 bits per heavy atom. The van der Waals surface area contributed by atoms with E-state index in [2.05, 4.69) is 6.92 Å². The Morgan fingerprint density at radius 1 is 1.09 bits per heavy atom. The van der Waals surface area contributed by atoms with Crippen molar-refractivity contribution in [2.24, 2.45) is 0 Å². The van der Waals surface area contributed by atoms with Crippen LogP contribution < -0.4 is 4.74 Å². The molecule has 0 saturated heterocycles. The van der Waals surface area contributed by atoms with Crippen LogP contribution >= 0.6 is 0 Å². The van der Waals surface area contributed by atoms with Gasteiger partial charge in [0.1, 0.15) is 18.1 Å². The lowest BCUT2D eigenvalue weighted by molar-refractivity contribution is 0.0715. The second kappa shape index (κ2) is 6.48. The highest BCUT2D eigenvalue weighted by Crippen LogP contribution is 2.33. The van der Waals surface area contributed by atoms with Crippen LogP contribution in [-0.2, 0) is 11.3 Å². The number of unbranched alkanes of at least 4 members (excludes halogenated alkanes) is 1. The lowest BCUT2D eigenvalue weighted by Crippen LogP contribution is -1.97. The Balaban J connectivity index is 1.79. The fourth-order valence-electron chi connectivity index (χ4n) is 2.37. The number of benzene rings is 2. The minimum Gasteiger partial charge on any atom is -0.489 e. The van der Waals surface area contributed by atoms with E-state index < -0.39 is 0 Å². The second-order valence-corrected chi connectivity index (χ2v) is 5.23. The molecule has 22 heavy (non-hydrogen) atoms. The molecule has 1 heterocycles. The maximum absolute atomic E-state index is 11.8. The van der Waals surface area contributed by atoms with E-state index in [1.165, 1.54) is 0 Å². The summed E-state index contributed by atoms with van der Waals surface area (Å²) >= 11 is 0. The van der Waals surface area contributed by atoms with Gasteiger partial charge in [0.05, 0.1) is 5.56 Å². The largest absolute Gasteiger partial charge is 0.489 e. The number of hydrogen-bond acceptors (Lipinski definition) is 3. The summed E-state index contributed by atoms with van der Waals surface area (Å²) in [4.78, 5) is 11.8. The highest BCUT2D eigenvalue weighted by Gasteiger charge is 2.26. The third-order valence-electron chi connectivity index (χ3n) is 3.55. The minimum atomic E-state index is -0.285. The van der Waals surface area contributed by atoms with Crippen LogP contribution in [0.5, 0.6) is 5.75 Å².